The Kier molecular flexibility index (Phi) is 5.99. The van der Waals surface area contributed by atoms with Crippen molar-refractivity contribution in [3.05, 3.63) is 0 Å². The number of methoxy groups -OCH3 is 1. The standard InChI is InChI=1S/C14H24N2O5/c1-4-7-16(10-11(17)21-3)13(20)15-8-5-14(2,6-9-15)12(18)19/h4-10H2,1-3H3,(H,18,19). The number of carboxylic acid groups (broad SMARTS) is 1. The van der Waals surface area contributed by atoms with E-state index >= 15 is 0 Å². The van der Waals surface area contributed by atoms with Gasteiger partial charge < -0.3 is 19.6 Å². The molecular formula is C14H24N2O5. The third-order valence-corrected chi connectivity index (χ3v) is 3.97. The van der Waals surface area contributed by atoms with Gasteiger partial charge in [0.25, 0.3) is 0 Å². The van der Waals surface area contributed by atoms with Gasteiger partial charge in [0.15, 0.2) is 0 Å². The second-order valence-electron chi connectivity index (χ2n) is 5.63. The number of urea groups is 1. The first-order chi connectivity index (χ1) is 9.84. The van der Waals surface area contributed by atoms with Crippen LogP contribution in [-0.2, 0) is 14.3 Å². The zero-order valence-corrected chi connectivity index (χ0v) is 12.9. The van der Waals surface area contributed by atoms with Crippen molar-refractivity contribution in [2.24, 2.45) is 5.41 Å². The fourth-order valence-electron chi connectivity index (χ4n) is 2.34. The molecule has 0 atom stereocenters. The van der Waals surface area contributed by atoms with Crippen LogP contribution in [0.3, 0.4) is 0 Å². The molecule has 2 amide bonds. The first-order valence-corrected chi connectivity index (χ1v) is 7.18. The zero-order valence-electron chi connectivity index (χ0n) is 12.9. The number of esters is 1. The minimum absolute atomic E-state index is 0.0735. The summed E-state index contributed by atoms with van der Waals surface area (Å²) >= 11 is 0. The average molecular weight is 300 g/mol. The van der Waals surface area contributed by atoms with Gasteiger partial charge in [-0.25, -0.2) is 4.79 Å². The fourth-order valence-corrected chi connectivity index (χ4v) is 2.34. The smallest absolute Gasteiger partial charge is 0.325 e. The first kappa shape index (κ1) is 17.3. The lowest BCUT2D eigenvalue weighted by atomic mass is 9.80. The molecule has 1 aliphatic rings. The van der Waals surface area contributed by atoms with E-state index in [1.807, 2.05) is 6.92 Å². The normalized spacial score (nSPS) is 17.2. The molecule has 0 aromatic carbocycles. The third kappa shape index (κ3) is 4.34. The van der Waals surface area contributed by atoms with E-state index in [9.17, 15) is 19.5 Å². The molecule has 0 aromatic heterocycles. The van der Waals surface area contributed by atoms with Gasteiger partial charge in [-0.05, 0) is 26.2 Å². The number of carbonyl (C=O) groups excluding carboxylic acids is 2. The number of piperidine rings is 1. The molecule has 1 rings (SSSR count). The number of hydrogen-bond acceptors (Lipinski definition) is 4. The number of hydrogen-bond donors (Lipinski definition) is 1. The average Bonchev–Trinajstić information content (AvgIpc) is 2.46. The summed E-state index contributed by atoms with van der Waals surface area (Å²) in [5, 5.41) is 9.19. The lowest BCUT2D eigenvalue weighted by Crippen LogP contribution is -2.51. The van der Waals surface area contributed by atoms with Gasteiger partial charge in [0.2, 0.25) is 0 Å². The van der Waals surface area contributed by atoms with Gasteiger partial charge in [-0.2, -0.15) is 0 Å². The highest BCUT2D eigenvalue weighted by Crippen LogP contribution is 2.31. The highest BCUT2D eigenvalue weighted by molar-refractivity contribution is 5.81. The van der Waals surface area contributed by atoms with Crippen LogP contribution in [0.25, 0.3) is 0 Å². The van der Waals surface area contributed by atoms with Gasteiger partial charge in [0, 0.05) is 19.6 Å². The summed E-state index contributed by atoms with van der Waals surface area (Å²) in [5.74, 6) is -1.28. The maximum absolute atomic E-state index is 12.4. The Morgan fingerprint density at radius 2 is 1.86 bits per heavy atom. The molecule has 7 nitrogen and oxygen atoms in total. The number of likely N-dealkylation sites (tertiary alicyclic amines) is 1. The minimum Gasteiger partial charge on any atom is -0.481 e. The van der Waals surface area contributed by atoms with E-state index in [-0.39, 0.29) is 12.6 Å². The molecule has 7 heteroatoms. The summed E-state index contributed by atoms with van der Waals surface area (Å²) in [7, 11) is 1.29. The molecule has 0 radical (unpaired) electrons. The number of carboxylic acids is 1. The van der Waals surface area contributed by atoms with E-state index in [2.05, 4.69) is 4.74 Å². The SMILES string of the molecule is CCCN(CC(=O)OC)C(=O)N1CCC(C)(C(=O)O)CC1. The monoisotopic (exact) mass is 300 g/mol. The Balaban J connectivity index is 2.65. The maximum atomic E-state index is 12.4. The maximum Gasteiger partial charge on any atom is 0.325 e. The molecule has 21 heavy (non-hydrogen) atoms. The van der Waals surface area contributed by atoms with Crippen molar-refractivity contribution < 1.29 is 24.2 Å². The lowest BCUT2D eigenvalue weighted by molar-refractivity contribution is -0.150. The van der Waals surface area contributed by atoms with Crippen LogP contribution in [0.5, 0.6) is 0 Å². The molecule has 0 saturated carbocycles. The van der Waals surface area contributed by atoms with Crippen LogP contribution in [0.4, 0.5) is 4.79 Å². The number of nitrogens with zero attached hydrogens (tertiary/aromatic N) is 2. The number of ether oxygens (including phenoxy) is 1. The Morgan fingerprint density at radius 3 is 2.29 bits per heavy atom. The quantitative estimate of drug-likeness (QED) is 0.770. The van der Waals surface area contributed by atoms with Crippen molar-refractivity contribution in [1.82, 2.24) is 9.80 Å². The van der Waals surface area contributed by atoms with E-state index in [0.717, 1.165) is 6.42 Å². The summed E-state index contributed by atoms with van der Waals surface area (Å²) < 4.78 is 4.60. The topological polar surface area (TPSA) is 87.2 Å². The summed E-state index contributed by atoms with van der Waals surface area (Å²) in [4.78, 5) is 38.0. The van der Waals surface area contributed by atoms with Gasteiger partial charge in [-0.1, -0.05) is 6.92 Å². The summed E-state index contributed by atoms with van der Waals surface area (Å²) in [6, 6.07) is -0.227. The van der Waals surface area contributed by atoms with Crippen LogP contribution in [-0.4, -0.2) is 66.2 Å². The molecule has 120 valence electrons. The molecule has 1 fully saturated rings. The van der Waals surface area contributed by atoms with E-state index < -0.39 is 17.4 Å². The summed E-state index contributed by atoms with van der Waals surface area (Å²) in [6.45, 7) is 4.81. The van der Waals surface area contributed by atoms with E-state index in [0.29, 0.717) is 32.5 Å². The predicted molar refractivity (Wildman–Crippen MR) is 75.8 cm³/mol. The molecule has 0 aliphatic carbocycles. The molecule has 0 bridgehead atoms. The summed E-state index contributed by atoms with van der Waals surface area (Å²) in [5.41, 5.74) is -0.769. The van der Waals surface area contributed by atoms with Crippen molar-refractivity contribution in [2.75, 3.05) is 33.3 Å². The Hall–Kier alpha value is -1.79. The van der Waals surface area contributed by atoms with Crippen molar-refractivity contribution in [1.29, 1.82) is 0 Å². The zero-order chi connectivity index (χ0) is 16.0. The molecule has 1 aliphatic heterocycles. The van der Waals surface area contributed by atoms with E-state index in [1.165, 1.54) is 12.0 Å². The van der Waals surface area contributed by atoms with Gasteiger partial charge in [-0.15, -0.1) is 0 Å². The minimum atomic E-state index is -0.824. The van der Waals surface area contributed by atoms with Crippen molar-refractivity contribution in [2.45, 2.75) is 33.1 Å². The Bertz CT molecular complexity index is 402. The van der Waals surface area contributed by atoms with Gasteiger partial charge in [0.05, 0.1) is 12.5 Å². The number of carbonyl (C=O) groups is 3. The Labute approximate surface area is 124 Å². The van der Waals surface area contributed by atoms with Crippen molar-refractivity contribution in [3.8, 4) is 0 Å². The second kappa shape index (κ2) is 7.28. The van der Waals surface area contributed by atoms with Crippen molar-refractivity contribution >= 4 is 18.0 Å². The molecule has 1 saturated heterocycles. The largest absolute Gasteiger partial charge is 0.481 e. The van der Waals surface area contributed by atoms with Crippen LogP contribution >= 0.6 is 0 Å². The highest BCUT2D eigenvalue weighted by atomic mass is 16.5. The molecule has 0 spiro atoms. The molecule has 1 N–H and O–H groups in total. The third-order valence-electron chi connectivity index (χ3n) is 3.97. The highest BCUT2D eigenvalue weighted by Gasteiger charge is 2.38. The molecular weight excluding hydrogens is 276 g/mol. The van der Waals surface area contributed by atoms with E-state index in [1.54, 1.807) is 11.8 Å². The number of rotatable bonds is 5. The van der Waals surface area contributed by atoms with Gasteiger partial charge >= 0.3 is 18.0 Å². The van der Waals surface area contributed by atoms with Crippen LogP contribution in [0.1, 0.15) is 33.1 Å². The lowest BCUT2D eigenvalue weighted by Gasteiger charge is -2.38. The van der Waals surface area contributed by atoms with Crippen LogP contribution in [0, 0.1) is 5.41 Å². The van der Waals surface area contributed by atoms with Crippen molar-refractivity contribution in [3.63, 3.8) is 0 Å². The molecule has 0 unspecified atom stereocenters. The predicted octanol–water partition coefficient (Wildman–Crippen LogP) is 1.18. The Morgan fingerprint density at radius 1 is 1.29 bits per heavy atom. The van der Waals surface area contributed by atoms with E-state index in [4.69, 9.17) is 0 Å². The molecule has 1 heterocycles. The second-order valence-corrected chi connectivity index (χ2v) is 5.63. The molecule has 0 aromatic rings. The first-order valence-electron chi connectivity index (χ1n) is 7.18. The summed E-state index contributed by atoms with van der Waals surface area (Å²) in [6.07, 6.45) is 1.59. The van der Waals surface area contributed by atoms with Gasteiger partial charge in [0.1, 0.15) is 6.54 Å². The van der Waals surface area contributed by atoms with Gasteiger partial charge in [-0.3, -0.25) is 9.59 Å². The number of amides is 2. The van der Waals surface area contributed by atoms with Crippen LogP contribution in [0.15, 0.2) is 0 Å². The van der Waals surface area contributed by atoms with Crippen LogP contribution < -0.4 is 0 Å². The fraction of sp³-hybridized carbons (Fsp3) is 0.786. The number of aliphatic carboxylic acids is 1. The van der Waals surface area contributed by atoms with Crippen LogP contribution in [0.2, 0.25) is 0 Å².